The Balaban J connectivity index is 1.69. The average molecular weight is 1650 g/mol. The predicted molar refractivity (Wildman–Crippen MR) is 285 cm³/mol. The molecule has 99 heavy (non-hydrogen) atoms. The summed E-state index contributed by atoms with van der Waals surface area (Å²) in [7, 11) is -50.4. The van der Waals surface area contributed by atoms with Crippen molar-refractivity contribution < 1.29 is 246 Å². The number of methoxy groups -OCH3 is 5. The molecule has 5 rings (SSSR count). The maximum Gasteiger partial charge on any atom is 0.397 e. The zero-order chi connectivity index (χ0) is 75.5. The van der Waals surface area contributed by atoms with E-state index in [2.05, 4.69) is 33.5 Å². The summed E-state index contributed by atoms with van der Waals surface area (Å²) in [5, 5.41) is 31.9. The van der Waals surface area contributed by atoms with Crippen molar-refractivity contribution in [1.29, 1.82) is 0 Å². The number of rotatable bonds is 36. The van der Waals surface area contributed by atoms with E-state index in [-0.39, 0.29) is 0 Å². The van der Waals surface area contributed by atoms with Crippen LogP contribution in [0.5, 0.6) is 0 Å². The second-order valence-corrected chi connectivity index (χ2v) is 29.2. The Bertz CT molecular complexity index is 3830. The molecule has 0 aromatic carbocycles. The molecule has 0 amide bonds. The predicted octanol–water partition coefficient (Wildman–Crippen LogP) is -10.0. The summed E-state index contributed by atoms with van der Waals surface area (Å²) in [4.78, 5) is 26.6. The van der Waals surface area contributed by atoms with E-state index >= 15 is 0 Å². The van der Waals surface area contributed by atoms with Gasteiger partial charge in [-0.05, 0) is 0 Å². The van der Waals surface area contributed by atoms with Crippen LogP contribution in [-0.2, 0) is 207 Å². The zero-order valence-electron chi connectivity index (χ0n) is 49.2. The minimum absolute atomic E-state index is 0.403. The van der Waals surface area contributed by atoms with Crippen molar-refractivity contribution in [1.82, 2.24) is 0 Å². The molecule has 5 fully saturated rings. The fourth-order valence-electron chi connectivity index (χ4n) is 10.0. The van der Waals surface area contributed by atoms with Gasteiger partial charge < -0.3 is 81.6 Å². The van der Waals surface area contributed by atoms with Gasteiger partial charge in [-0.15, -0.1) is 0 Å². The first-order valence-corrected chi connectivity index (χ1v) is 37.8. The number of ether oxygens (including phenoxy) is 14. The summed E-state index contributed by atoms with van der Waals surface area (Å²) < 4.78 is 424. The van der Waals surface area contributed by atoms with Gasteiger partial charge in [-0.1, -0.05) is 0 Å². The SMILES string of the molecule is CO[C@@H]1[C@@H](O[C@H]2O[C@@H](COS(=O)(=O)O)[C@H](O[C@@H]3O[C@H](C(=O)O)[C@@H](O[C@H]4O[C@@H](COS(=O)(=O)O)[C@@H](OC)[C@@H](OC)[C@H]4OS(=O)(=O)O)[C@@H](OC)[C@H]3OC)[C@@H](OS(=O)(=O)O)[C@@H]2OS(=O)(=O)O)[C@@H](C(=O)O)O[C@@H](O[C@@H]2[C@@H](OS(=O)(=O)O)[C@H](OS(=O)(=O)O)[C@@H](O)O[C@H]2COS(=O)(=O)O)[C@@H]1OS(=O)(=O)O. The Morgan fingerprint density at radius 1 is 0.283 bits per heavy atom. The van der Waals surface area contributed by atoms with E-state index in [1.807, 2.05) is 0 Å². The van der Waals surface area contributed by atoms with Gasteiger partial charge >= 0.3 is 106 Å². The second kappa shape index (κ2) is 33.7. The van der Waals surface area contributed by atoms with Crippen LogP contribution in [0.3, 0.4) is 0 Å². The van der Waals surface area contributed by atoms with E-state index in [1.54, 1.807) is 0 Å². The van der Waals surface area contributed by atoms with Gasteiger partial charge in [0.1, 0.15) is 85.5 Å². The number of carboxylic acids is 2. The molecule has 5 aliphatic rings. The molecule has 0 radical (unpaired) electrons. The number of carboxylic acid groups (broad SMARTS) is 2. The van der Waals surface area contributed by atoms with Crippen molar-refractivity contribution >= 4 is 106 Å². The van der Waals surface area contributed by atoms with E-state index in [0.717, 1.165) is 14.2 Å². The smallest absolute Gasteiger partial charge is 0.397 e. The van der Waals surface area contributed by atoms with Gasteiger partial charge in [0.05, 0.1) is 19.8 Å². The third-order valence-corrected chi connectivity index (χ3v) is 17.4. The Kier molecular flexibility index (Phi) is 29.6. The highest BCUT2D eigenvalue weighted by molar-refractivity contribution is 7.82. The Hall–Kier alpha value is -2.83. The molecule has 5 aliphatic heterocycles. The molecule has 0 bridgehead atoms. The standard InChI is InChI=1S/C35H58O55S9/c1-68-12-9(6-73-91(41,42)43)77-33(26(15(12)69-2)88-97(59,60)61)81-18-16(70-3)25(72-5)32(83-22(18)29(36)37)79-14-11(8-75-93(47,48)49)78-34(28(90-99(65,66)67)21(14)86-95(53,54)55)82-19-17(71-4)27(89-98(62,63)64)35(84-23(19)30(38)39)80-13-10(7-74-92(44,45)46)76-31(40)24(87-96(56,57)58)20(13)85-94(50,51)52/h9-28,31-35,40H,6-8H2,1-5H3,(H,36,37)(H,38,39)(H,41,42,43)(H,44,45,46)(H,47,48,49)(H,50,51,52)(H,53,54,55)(H,56,57,58)(H,59,60,61)(H,62,63,64)(H,65,66,67)/t9-,10-,11-,12+,13-,14-,15+,16+,17+,18-,19+,20+,21+,22-,23-,24-,25+,26+,27+,28-,31-,32+,33+,34+,35+/m0/s1. The van der Waals surface area contributed by atoms with Gasteiger partial charge in [0.15, 0.2) is 68.1 Å². The fourth-order valence-corrected chi connectivity index (χ4v) is 13.9. The second-order valence-electron chi connectivity index (χ2n) is 19.7. The van der Waals surface area contributed by atoms with Crippen molar-refractivity contribution in [3.05, 3.63) is 0 Å². The first-order valence-electron chi connectivity index (χ1n) is 25.5. The van der Waals surface area contributed by atoms with E-state index in [4.69, 9.17) is 70.5 Å². The number of aliphatic hydroxyl groups is 1. The van der Waals surface area contributed by atoms with Crippen LogP contribution in [0.2, 0.25) is 0 Å². The summed E-state index contributed by atoms with van der Waals surface area (Å²) in [6.07, 6.45) is -69.9. The molecule has 64 heteroatoms. The molecule has 0 spiro atoms. The molecule has 582 valence electrons. The molecule has 5 saturated heterocycles. The number of hydrogen-bond donors (Lipinski definition) is 12. The average Bonchev–Trinajstić information content (AvgIpc) is 0.761. The van der Waals surface area contributed by atoms with Crippen molar-refractivity contribution in [3.63, 3.8) is 0 Å². The highest BCUT2D eigenvalue weighted by Gasteiger charge is 2.63. The summed E-state index contributed by atoms with van der Waals surface area (Å²) in [5.41, 5.74) is 0. The summed E-state index contributed by atoms with van der Waals surface area (Å²) in [6.45, 7) is -5.07. The van der Waals surface area contributed by atoms with E-state index in [1.165, 1.54) is 0 Å². The molecule has 0 aromatic heterocycles. The maximum atomic E-state index is 13.3. The van der Waals surface area contributed by atoms with Crippen LogP contribution >= 0.6 is 0 Å². The number of hydrogen-bond acceptors (Lipinski definition) is 44. The van der Waals surface area contributed by atoms with Crippen LogP contribution in [0.4, 0.5) is 0 Å². The Morgan fingerprint density at radius 3 is 0.818 bits per heavy atom. The monoisotopic (exact) mass is 1650 g/mol. The quantitative estimate of drug-likeness (QED) is 0.0259. The first kappa shape index (κ1) is 86.8. The lowest BCUT2D eigenvalue weighted by atomic mass is 9.95. The highest BCUT2D eigenvalue weighted by Crippen LogP contribution is 2.41. The largest absolute Gasteiger partial charge is 0.479 e. The minimum Gasteiger partial charge on any atom is -0.479 e. The maximum absolute atomic E-state index is 13.3. The van der Waals surface area contributed by atoms with Crippen LogP contribution in [0, 0.1) is 0 Å². The van der Waals surface area contributed by atoms with Crippen molar-refractivity contribution in [3.8, 4) is 0 Å². The third-order valence-electron chi connectivity index (χ3n) is 13.3. The fraction of sp³-hybridized carbons (Fsp3) is 0.943. The zero-order valence-corrected chi connectivity index (χ0v) is 56.5. The van der Waals surface area contributed by atoms with E-state index in [9.17, 15) is 142 Å². The molecule has 0 saturated carbocycles. The summed E-state index contributed by atoms with van der Waals surface area (Å²) in [6, 6.07) is 0. The van der Waals surface area contributed by atoms with Gasteiger partial charge in [0, 0.05) is 35.5 Å². The van der Waals surface area contributed by atoms with E-state index in [0.29, 0.717) is 21.3 Å². The molecule has 0 unspecified atom stereocenters. The lowest BCUT2D eigenvalue weighted by Crippen LogP contribution is -2.70. The Labute approximate surface area is 557 Å². The normalized spacial score (nSPS) is 36.7. The van der Waals surface area contributed by atoms with Crippen molar-refractivity contribution in [2.75, 3.05) is 55.4 Å². The highest BCUT2D eigenvalue weighted by atomic mass is 32.3. The van der Waals surface area contributed by atoms with Gasteiger partial charge in [-0.3, -0.25) is 41.0 Å². The van der Waals surface area contributed by atoms with Gasteiger partial charge in [-0.2, -0.15) is 75.8 Å². The number of aliphatic hydroxyl groups excluding tert-OH is 1. The first-order chi connectivity index (χ1) is 45.0. The van der Waals surface area contributed by atoms with Gasteiger partial charge in [0.2, 0.25) is 0 Å². The molecule has 0 aliphatic carbocycles. The van der Waals surface area contributed by atoms with Crippen LogP contribution in [0.15, 0.2) is 0 Å². The van der Waals surface area contributed by atoms with Crippen molar-refractivity contribution in [2.45, 2.75) is 154 Å². The minimum atomic E-state index is -6.39. The lowest BCUT2D eigenvalue weighted by molar-refractivity contribution is -0.385. The number of carbonyl (C=O) groups is 2. The van der Waals surface area contributed by atoms with Crippen LogP contribution in [0.25, 0.3) is 0 Å². The van der Waals surface area contributed by atoms with Gasteiger partial charge in [-0.25, -0.2) is 47.2 Å². The molecular weight excluding hydrogens is 1590 g/mol. The van der Waals surface area contributed by atoms with Crippen molar-refractivity contribution in [2.24, 2.45) is 0 Å². The summed E-state index contributed by atoms with van der Waals surface area (Å²) in [5.74, 6) is -4.78. The summed E-state index contributed by atoms with van der Waals surface area (Å²) >= 11 is 0. The molecule has 25 atom stereocenters. The molecular formula is C35H58O55S9. The topological polar surface area (TPSA) is 796 Å². The third kappa shape index (κ3) is 25.7. The van der Waals surface area contributed by atoms with Gasteiger partial charge in [0.25, 0.3) is 0 Å². The van der Waals surface area contributed by atoms with Crippen LogP contribution in [-0.4, -0.2) is 353 Å². The van der Waals surface area contributed by atoms with Crippen LogP contribution in [0.1, 0.15) is 0 Å². The Morgan fingerprint density at radius 2 is 0.515 bits per heavy atom. The molecule has 0 aromatic rings. The molecule has 55 nitrogen and oxygen atoms in total. The lowest BCUT2D eigenvalue weighted by Gasteiger charge is -2.51. The van der Waals surface area contributed by atoms with Crippen LogP contribution < -0.4 is 0 Å². The molecule has 5 heterocycles. The molecule has 12 N–H and O–H groups in total. The van der Waals surface area contributed by atoms with E-state index < -0.39 is 279 Å². The number of aliphatic carboxylic acids is 2.